The molecule has 0 aliphatic heterocycles. The Kier molecular flexibility index (Phi) is 2.97. The highest BCUT2D eigenvalue weighted by Crippen LogP contribution is 2.40. The molecule has 5 nitrogen and oxygen atoms in total. The predicted molar refractivity (Wildman–Crippen MR) is 73.0 cm³/mol. The first kappa shape index (κ1) is 12.7. The van der Waals surface area contributed by atoms with Gasteiger partial charge in [0.2, 0.25) is 0 Å². The van der Waals surface area contributed by atoms with Crippen LogP contribution in [0.4, 0.5) is 0 Å². The molecular formula is C15H15NO4. The minimum absolute atomic E-state index is 0.0330. The average Bonchev–Trinajstić information content (AvgIpc) is 2.82. The largest absolute Gasteiger partial charge is 0.481 e. The molecule has 104 valence electrons. The van der Waals surface area contributed by atoms with Crippen LogP contribution in [0.5, 0.6) is 0 Å². The monoisotopic (exact) mass is 273 g/mol. The molecule has 1 atom stereocenters. The Balaban J connectivity index is 2.24. The number of carbonyl (C=O) groups excluding carboxylic acids is 1. The van der Waals surface area contributed by atoms with Crippen LogP contribution in [0.1, 0.15) is 40.4 Å². The zero-order valence-electron chi connectivity index (χ0n) is 11.1. The van der Waals surface area contributed by atoms with E-state index in [1.807, 2.05) is 18.2 Å². The van der Waals surface area contributed by atoms with E-state index in [1.54, 1.807) is 0 Å². The predicted octanol–water partition coefficient (Wildman–Crippen LogP) is 2.46. The Hall–Kier alpha value is -2.30. The number of aryl methyl sites for hydroxylation is 1. The van der Waals surface area contributed by atoms with Crippen LogP contribution >= 0.6 is 0 Å². The molecule has 1 heterocycles. The van der Waals surface area contributed by atoms with Crippen molar-refractivity contribution in [3.05, 3.63) is 35.0 Å². The van der Waals surface area contributed by atoms with Crippen LogP contribution < -0.4 is 0 Å². The third-order valence-corrected chi connectivity index (χ3v) is 3.93. The van der Waals surface area contributed by atoms with E-state index in [4.69, 9.17) is 9.84 Å². The number of carboxylic acid groups (broad SMARTS) is 1. The summed E-state index contributed by atoms with van der Waals surface area (Å²) in [6.07, 6.45) is 1.60. The van der Waals surface area contributed by atoms with Gasteiger partial charge in [-0.3, -0.25) is 4.79 Å². The average molecular weight is 273 g/mol. The van der Waals surface area contributed by atoms with Crippen molar-refractivity contribution >= 4 is 22.8 Å². The summed E-state index contributed by atoms with van der Waals surface area (Å²) in [6, 6.07) is 5.87. The molecule has 3 rings (SSSR count). The topological polar surface area (TPSA) is 79.4 Å². The Labute approximate surface area is 115 Å². The molecule has 2 aromatic rings. The Morgan fingerprint density at radius 3 is 2.95 bits per heavy atom. The number of carbonyl (C=O) groups is 2. The number of H-pyrrole nitrogens is 1. The van der Waals surface area contributed by atoms with Crippen molar-refractivity contribution in [1.82, 2.24) is 4.98 Å². The van der Waals surface area contributed by atoms with Crippen molar-refractivity contribution < 1.29 is 19.4 Å². The molecule has 0 saturated heterocycles. The van der Waals surface area contributed by atoms with Crippen molar-refractivity contribution in [3.8, 4) is 0 Å². The summed E-state index contributed by atoms with van der Waals surface area (Å²) in [6.45, 7) is 0. The van der Waals surface area contributed by atoms with Gasteiger partial charge in [0.05, 0.1) is 13.5 Å². The highest BCUT2D eigenvalue weighted by Gasteiger charge is 2.30. The molecule has 0 saturated carbocycles. The van der Waals surface area contributed by atoms with Crippen LogP contribution in [-0.4, -0.2) is 29.1 Å². The number of carboxylic acids is 1. The number of rotatable bonds is 3. The molecule has 0 bridgehead atoms. The summed E-state index contributed by atoms with van der Waals surface area (Å²) >= 11 is 0. The standard InChI is InChI=1S/C15H15NO4/c1-20-15(19)14-13-9(7-11(17)18)6-5-8-3-2-4-10(16-14)12(8)13/h2-4,9,16H,5-7H2,1H3,(H,17,18). The summed E-state index contributed by atoms with van der Waals surface area (Å²) in [5.74, 6) is -1.44. The number of esters is 1. The minimum atomic E-state index is -0.848. The molecular weight excluding hydrogens is 258 g/mol. The molecule has 0 radical (unpaired) electrons. The molecule has 5 heteroatoms. The highest BCUT2D eigenvalue weighted by molar-refractivity contribution is 6.00. The summed E-state index contributed by atoms with van der Waals surface area (Å²) < 4.78 is 4.81. The second-order valence-corrected chi connectivity index (χ2v) is 5.08. The van der Waals surface area contributed by atoms with Gasteiger partial charge in [0.25, 0.3) is 0 Å². The number of ether oxygens (including phenoxy) is 1. The first-order valence-electron chi connectivity index (χ1n) is 6.55. The lowest BCUT2D eigenvalue weighted by Gasteiger charge is -2.22. The zero-order valence-corrected chi connectivity index (χ0v) is 11.1. The Morgan fingerprint density at radius 1 is 1.45 bits per heavy atom. The second kappa shape index (κ2) is 4.67. The van der Waals surface area contributed by atoms with Crippen molar-refractivity contribution in [2.75, 3.05) is 7.11 Å². The van der Waals surface area contributed by atoms with Gasteiger partial charge < -0.3 is 14.8 Å². The van der Waals surface area contributed by atoms with E-state index < -0.39 is 11.9 Å². The molecule has 1 aliphatic carbocycles. The number of nitrogens with one attached hydrogen (secondary N) is 1. The maximum absolute atomic E-state index is 11.9. The lowest BCUT2D eigenvalue weighted by molar-refractivity contribution is -0.137. The number of aliphatic carboxylic acids is 1. The first-order valence-corrected chi connectivity index (χ1v) is 6.55. The molecule has 1 aromatic heterocycles. The second-order valence-electron chi connectivity index (χ2n) is 5.08. The van der Waals surface area contributed by atoms with Crippen molar-refractivity contribution in [3.63, 3.8) is 0 Å². The van der Waals surface area contributed by atoms with Gasteiger partial charge in [0.15, 0.2) is 0 Å². The molecule has 0 amide bonds. The van der Waals surface area contributed by atoms with E-state index in [0.29, 0.717) is 5.69 Å². The van der Waals surface area contributed by atoms with Gasteiger partial charge in [-0.25, -0.2) is 4.79 Å². The van der Waals surface area contributed by atoms with Crippen LogP contribution in [-0.2, 0) is 16.0 Å². The molecule has 0 fully saturated rings. The van der Waals surface area contributed by atoms with Crippen LogP contribution in [0.25, 0.3) is 10.9 Å². The number of aromatic amines is 1. The van der Waals surface area contributed by atoms with E-state index in [0.717, 1.165) is 34.9 Å². The first-order chi connectivity index (χ1) is 9.61. The van der Waals surface area contributed by atoms with Gasteiger partial charge in [-0.2, -0.15) is 0 Å². The maximum Gasteiger partial charge on any atom is 0.354 e. The molecule has 1 unspecified atom stereocenters. The molecule has 1 aliphatic rings. The number of hydrogen-bond acceptors (Lipinski definition) is 3. The van der Waals surface area contributed by atoms with Crippen LogP contribution in [0, 0.1) is 0 Å². The van der Waals surface area contributed by atoms with E-state index in [-0.39, 0.29) is 12.3 Å². The minimum Gasteiger partial charge on any atom is -0.481 e. The van der Waals surface area contributed by atoms with Gasteiger partial charge in [0, 0.05) is 10.9 Å². The van der Waals surface area contributed by atoms with Gasteiger partial charge in [-0.15, -0.1) is 0 Å². The number of aromatic nitrogens is 1. The van der Waals surface area contributed by atoms with Crippen LogP contribution in [0.3, 0.4) is 0 Å². The molecule has 1 aromatic carbocycles. The SMILES string of the molecule is COC(=O)c1[nH]c2cccc3c2c1C(CC(=O)O)CC3. The fourth-order valence-electron chi connectivity index (χ4n) is 3.12. The molecule has 0 spiro atoms. The summed E-state index contributed by atoms with van der Waals surface area (Å²) in [7, 11) is 1.33. The number of hydrogen-bond donors (Lipinski definition) is 2. The van der Waals surface area contributed by atoms with Gasteiger partial charge in [0.1, 0.15) is 5.69 Å². The fourth-order valence-corrected chi connectivity index (χ4v) is 3.12. The lowest BCUT2D eigenvalue weighted by atomic mass is 9.81. The summed E-state index contributed by atoms with van der Waals surface area (Å²) in [5, 5.41) is 10.1. The van der Waals surface area contributed by atoms with Gasteiger partial charge >= 0.3 is 11.9 Å². The number of benzene rings is 1. The van der Waals surface area contributed by atoms with E-state index in [9.17, 15) is 9.59 Å². The van der Waals surface area contributed by atoms with Gasteiger partial charge in [-0.1, -0.05) is 12.1 Å². The smallest absolute Gasteiger partial charge is 0.354 e. The van der Waals surface area contributed by atoms with Crippen LogP contribution in [0.2, 0.25) is 0 Å². The van der Waals surface area contributed by atoms with Crippen LogP contribution in [0.15, 0.2) is 18.2 Å². The third kappa shape index (κ3) is 1.86. The number of methoxy groups -OCH3 is 1. The fraction of sp³-hybridized carbons (Fsp3) is 0.333. The summed E-state index contributed by atoms with van der Waals surface area (Å²) in [4.78, 5) is 26.1. The van der Waals surface area contributed by atoms with E-state index >= 15 is 0 Å². The normalized spacial score (nSPS) is 17.1. The third-order valence-electron chi connectivity index (χ3n) is 3.93. The van der Waals surface area contributed by atoms with Crippen molar-refractivity contribution in [1.29, 1.82) is 0 Å². The lowest BCUT2D eigenvalue weighted by Crippen LogP contribution is -2.15. The van der Waals surface area contributed by atoms with Gasteiger partial charge in [-0.05, 0) is 36.0 Å². The van der Waals surface area contributed by atoms with Crippen molar-refractivity contribution in [2.24, 2.45) is 0 Å². The summed E-state index contributed by atoms with van der Waals surface area (Å²) in [5.41, 5.74) is 3.22. The van der Waals surface area contributed by atoms with E-state index in [2.05, 4.69) is 4.98 Å². The highest BCUT2D eigenvalue weighted by atomic mass is 16.5. The molecule has 20 heavy (non-hydrogen) atoms. The Morgan fingerprint density at radius 2 is 2.25 bits per heavy atom. The zero-order chi connectivity index (χ0) is 14.3. The Bertz CT molecular complexity index is 701. The van der Waals surface area contributed by atoms with Crippen molar-refractivity contribution in [2.45, 2.75) is 25.2 Å². The maximum atomic E-state index is 11.9. The molecule has 2 N–H and O–H groups in total. The quantitative estimate of drug-likeness (QED) is 0.842. The van der Waals surface area contributed by atoms with E-state index in [1.165, 1.54) is 7.11 Å².